The molecule has 0 aromatic carbocycles. The molecule has 0 radical (unpaired) electrons. The molecule has 1 aromatic rings. The van der Waals surface area contributed by atoms with Gasteiger partial charge in [0.2, 0.25) is 5.91 Å². The van der Waals surface area contributed by atoms with E-state index in [4.69, 9.17) is 9.68 Å². The summed E-state index contributed by atoms with van der Waals surface area (Å²) in [4.78, 5) is 14.6. The largest absolute Gasteiger partial charge is 0.467 e. The summed E-state index contributed by atoms with van der Waals surface area (Å²) in [5.74, 6) is 0.894. The molecule has 5 heteroatoms. The standard InChI is InChI=1S/C15H21N3O2/c1-2-15(6-8-17-12-15)14(19)18(9-4-7-16)11-13-5-3-10-20-13/h3,5,10,17H,2,4,6,8-9,11-12H2,1H3. The lowest BCUT2D eigenvalue weighted by Gasteiger charge is -2.32. The van der Waals surface area contributed by atoms with Crippen molar-refractivity contribution in [2.75, 3.05) is 19.6 Å². The van der Waals surface area contributed by atoms with E-state index in [0.717, 1.165) is 31.7 Å². The number of furan rings is 1. The lowest BCUT2D eigenvalue weighted by molar-refractivity contribution is -0.142. The van der Waals surface area contributed by atoms with E-state index >= 15 is 0 Å². The van der Waals surface area contributed by atoms with Crippen molar-refractivity contribution in [3.63, 3.8) is 0 Å². The van der Waals surface area contributed by atoms with Crippen molar-refractivity contribution in [2.45, 2.75) is 32.7 Å². The Morgan fingerprint density at radius 2 is 2.50 bits per heavy atom. The number of amides is 1. The van der Waals surface area contributed by atoms with E-state index in [1.54, 1.807) is 11.2 Å². The lowest BCUT2D eigenvalue weighted by atomic mass is 9.82. The zero-order valence-corrected chi connectivity index (χ0v) is 11.9. The first-order valence-corrected chi connectivity index (χ1v) is 7.11. The Labute approximate surface area is 119 Å². The van der Waals surface area contributed by atoms with Crippen LogP contribution in [0.2, 0.25) is 0 Å². The summed E-state index contributed by atoms with van der Waals surface area (Å²) in [5.41, 5.74) is -0.317. The summed E-state index contributed by atoms with van der Waals surface area (Å²) in [7, 11) is 0. The maximum absolute atomic E-state index is 12.9. The van der Waals surface area contributed by atoms with Gasteiger partial charge in [0.15, 0.2) is 0 Å². The number of nitriles is 1. The van der Waals surface area contributed by atoms with Gasteiger partial charge in [-0.3, -0.25) is 4.79 Å². The maximum atomic E-state index is 12.9. The Hall–Kier alpha value is -1.80. The average molecular weight is 275 g/mol. The van der Waals surface area contributed by atoms with Crippen LogP contribution in [0.3, 0.4) is 0 Å². The molecule has 1 aliphatic heterocycles. The zero-order valence-electron chi connectivity index (χ0n) is 11.9. The Balaban J connectivity index is 2.12. The quantitative estimate of drug-likeness (QED) is 0.861. The molecule has 1 N–H and O–H groups in total. The van der Waals surface area contributed by atoms with Gasteiger partial charge < -0.3 is 14.6 Å². The minimum Gasteiger partial charge on any atom is -0.467 e. The van der Waals surface area contributed by atoms with Gasteiger partial charge in [-0.25, -0.2) is 0 Å². The molecular weight excluding hydrogens is 254 g/mol. The Kier molecular flexibility index (Phi) is 4.80. The number of carbonyl (C=O) groups is 1. The predicted octanol–water partition coefficient (Wildman–Crippen LogP) is 1.91. The number of hydrogen-bond acceptors (Lipinski definition) is 4. The normalized spacial score (nSPS) is 21.6. The minimum atomic E-state index is -0.317. The monoisotopic (exact) mass is 275 g/mol. The zero-order chi connectivity index (χ0) is 14.4. The summed E-state index contributed by atoms with van der Waals surface area (Å²) >= 11 is 0. The van der Waals surface area contributed by atoms with E-state index in [1.165, 1.54) is 0 Å². The van der Waals surface area contributed by atoms with Crippen LogP contribution in [0.25, 0.3) is 0 Å². The SMILES string of the molecule is CCC1(C(=O)N(CCC#N)Cc2ccco2)CCNC1. The summed E-state index contributed by atoms with van der Waals surface area (Å²) in [5, 5.41) is 12.1. The summed E-state index contributed by atoms with van der Waals surface area (Å²) in [6.07, 6.45) is 3.64. The fourth-order valence-corrected chi connectivity index (χ4v) is 2.74. The average Bonchev–Trinajstić information content (AvgIpc) is 3.14. The van der Waals surface area contributed by atoms with Gasteiger partial charge in [0, 0.05) is 13.1 Å². The molecule has 1 aromatic heterocycles. The van der Waals surface area contributed by atoms with Crippen molar-refractivity contribution in [3.05, 3.63) is 24.2 Å². The molecule has 0 bridgehead atoms. The molecular formula is C15H21N3O2. The van der Waals surface area contributed by atoms with Crippen LogP contribution in [0.15, 0.2) is 22.8 Å². The van der Waals surface area contributed by atoms with Gasteiger partial charge in [-0.2, -0.15) is 5.26 Å². The third kappa shape index (κ3) is 3.02. The highest BCUT2D eigenvalue weighted by Gasteiger charge is 2.42. The predicted molar refractivity (Wildman–Crippen MR) is 74.6 cm³/mol. The molecule has 1 aliphatic rings. The highest BCUT2D eigenvalue weighted by Crippen LogP contribution is 2.32. The number of nitrogens with one attached hydrogen (secondary N) is 1. The van der Waals surface area contributed by atoms with E-state index in [9.17, 15) is 4.79 Å². The molecule has 0 saturated carbocycles. The smallest absolute Gasteiger partial charge is 0.230 e. The van der Waals surface area contributed by atoms with Gasteiger partial charge in [0.1, 0.15) is 5.76 Å². The molecule has 20 heavy (non-hydrogen) atoms. The molecule has 1 saturated heterocycles. The maximum Gasteiger partial charge on any atom is 0.230 e. The lowest BCUT2D eigenvalue weighted by Crippen LogP contribution is -2.45. The second-order valence-electron chi connectivity index (χ2n) is 5.27. The Morgan fingerprint density at radius 1 is 1.65 bits per heavy atom. The first kappa shape index (κ1) is 14.6. The molecule has 1 amide bonds. The van der Waals surface area contributed by atoms with Crippen LogP contribution in [0.1, 0.15) is 31.9 Å². The van der Waals surface area contributed by atoms with Gasteiger partial charge >= 0.3 is 0 Å². The highest BCUT2D eigenvalue weighted by molar-refractivity contribution is 5.83. The molecule has 2 heterocycles. The molecule has 2 rings (SSSR count). The van der Waals surface area contributed by atoms with Crippen molar-refractivity contribution in [1.29, 1.82) is 5.26 Å². The number of rotatable bonds is 6. The second kappa shape index (κ2) is 6.58. The van der Waals surface area contributed by atoms with Crippen molar-refractivity contribution in [2.24, 2.45) is 5.41 Å². The topological polar surface area (TPSA) is 69.3 Å². The summed E-state index contributed by atoms with van der Waals surface area (Å²) in [6.45, 7) is 4.56. The van der Waals surface area contributed by atoms with Crippen LogP contribution < -0.4 is 5.32 Å². The van der Waals surface area contributed by atoms with Gasteiger partial charge in [0.25, 0.3) is 0 Å². The number of nitrogens with zero attached hydrogens (tertiary/aromatic N) is 2. The van der Waals surface area contributed by atoms with Crippen LogP contribution in [0.5, 0.6) is 0 Å². The van der Waals surface area contributed by atoms with E-state index < -0.39 is 0 Å². The first-order valence-electron chi connectivity index (χ1n) is 7.11. The molecule has 1 fully saturated rings. The van der Waals surface area contributed by atoms with Gasteiger partial charge in [-0.1, -0.05) is 6.92 Å². The van der Waals surface area contributed by atoms with E-state index in [0.29, 0.717) is 19.5 Å². The van der Waals surface area contributed by atoms with Gasteiger partial charge in [-0.15, -0.1) is 0 Å². The van der Waals surface area contributed by atoms with E-state index in [2.05, 4.69) is 18.3 Å². The van der Waals surface area contributed by atoms with Crippen molar-refractivity contribution in [3.8, 4) is 6.07 Å². The molecule has 0 spiro atoms. The third-order valence-electron chi connectivity index (χ3n) is 4.08. The van der Waals surface area contributed by atoms with Crippen molar-refractivity contribution >= 4 is 5.91 Å². The fraction of sp³-hybridized carbons (Fsp3) is 0.600. The highest BCUT2D eigenvalue weighted by atomic mass is 16.3. The van der Waals surface area contributed by atoms with E-state index in [-0.39, 0.29) is 11.3 Å². The second-order valence-corrected chi connectivity index (χ2v) is 5.27. The fourth-order valence-electron chi connectivity index (χ4n) is 2.74. The van der Waals surface area contributed by atoms with Crippen molar-refractivity contribution < 1.29 is 9.21 Å². The van der Waals surface area contributed by atoms with E-state index in [1.807, 2.05) is 12.1 Å². The Bertz CT molecular complexity index is 470. The first-order chi connectivity index (χ1) is 9.72. The van der Waals surface area contributed by atoms with Crippen LogP contribution in [-0.2, 0) is 11.3 Å². The molecule has 5 nitrogen and oxygen atoms in total. The van der Waals surface area contributed by atoms with Gasteiger partial charge in [-0.05, 0) is 31.5 Å². The third-order valence-corrected chi connectivity index (χ3v) is 4.08. The van der Waals surface area contributed by atoms with Crippen LogP contribution >= 0.6 is 0 Å². The number of hydrogen-bond donors (Lipinski definition) is 1. The number of carbonyl (C=O) groups excluding carboxylic acids is 1. The summed E-state index contributed by atoms with van der Waals surface area (Å²) < 4.78 is 5.33. The van der Waals surface area contributed by atoms with Crippen molar-refractivity contribution in [1.82, 2.24) is 10.2 Å². The van der Waals surface area contributed by atoms with Gasteiger partial charge in [0.05, 0.1) is 30.7 Å². The molecule has 1 atom stereocenters. The van der Waals surface area contributed by atoms with Crippen LogP contribution in [0, 0.1) is 16.7 Å². The molecule has 1 unspecified atom stereocenters. The summed E-state index contributed by atoms with van der Waals surface area (Å²) in [6, 6.07) is 5.79. The molecule has 108 valence electrons. The van der Waals surface area contributed by atoms with Crippen LogP contribution in [0.4, 0.5) is 0 Å². The minimum absolute atomic E-state index is 0.136. The molecule has 0 aliphatic carbocycles. The van der Waals surface area contributed by atoms with Crippen LogP contribution in [-0.4, -0.2) is 30.4 Å². The Morgan fingerprint density at radius 3 is 3.05 bits per heavy atom.